The normalized spacial score (nSPS) is 17.9. The first-order valence-electron chi connectivity index (χ1n) is 7.98. The van der Waals surface area contributed by atoms with Crippen molar-refractivity contribution in [2.75, 3.05) is 5.32 Å². The van der Waals surface area contributed by atoms with Gasteiger partial charge in [0.2, 0.25) is 0 Å². The Bertz CT molecular complexity index is 720. The van der Waals surface area contributed by atoms with Crippen LogP contribution in [-0.4, -0.2) is 16.0 Å². The quantitative estimate of drug-likeness (QED) is 0.896. The number of amides is 1. The number of aromatic nitrogens is 2. The van der Waals surface area contributed by atoms with Gasteiger partial charge in [-0.05, 0) is 44.4 Å². The van der Waals surface area contributed by atoms with Gasteiger partial charge < -0.3 is 4.52 Å². The Labute approximate surface area is 140 Å². The van der Waals surface area contributed by atoms with Crippen molar-refractivity contribution in [1.29, 1.82) is 0 Å². The van der Waals surface area contributed by atoms with Gasteiger partial charge in [-0.25, -0.2) is 4.98 Å². The number of fused-ring (bicyclic) bond motifs is 1. The standard InChI is InChI=1S/C17H23N3O2S/c1-9-14(10(2)22-20-9)15(21)19-16-18-12-7-6-11(17(3,4)5)8-13(12)23-16/h11H,6-8H2,1-5H3,(H,18,19,21). The van der Waals surface area contributed by atoms with E-state index in [1.165, 1.54) is 4.88 Å². The lowest BCUT2D eigenvalue weighted by Gasteiger charge is -2.33. The minimum atomic E-state index is -0.195. The van der Waals surface area contributed by atoms with Crippen molar-refractivity contribution in [3.8, 4) is 0 Å². The van der Waals surface area contributed by atoms with Gasteiger partial charge >= 0.3 is 0 Å². The van der Waals surface area contributed by atoms with Crippen LogP contribution >= 0.6 is 11.3 Å². The molecule has 6 heteroatoms. The van der Waals surface area contributed by atoms with Gasteiger partial charge in [-0.2, -0.15) is 0 Å². The van der Waals surface area contributed by atoms with Crippen LogP contribution in [0, 0.1) is 25.2 Å². The summed E-state index contributed by atoms with van der Waals surface area (Å²) in [6.45, 7) is 10.4. The number of anilines is 1. The van der Waals surface area contributed by atoms with Gasteiger partial charge in [0.05, 0.1) is 11.4 Å². The molecular weight excluding hydrogens is 310 g/mol. The largest absolute Gasteiger partial charge is 0.361 e. The highest BCUT2D eigenvalue weighted by atomic mass is 32.1. The summed E-state index contributed by atoms with van der Waals surface area (Å²) in [4.78, 5) is 18.3. The van der Waals surface area contributed by atoms with E-state index in [1.807, 2.05) is 0 Å². The molecule has 0 fully saturated rings. The molecule has 3 rings (SSSR count). The van der Waals surface area contributed by atoms with Crippen LogP contribution in [0.5, 0.6) is 0 Å². The van der Waals surface area contributed by atoms with Crippen molar-refractivity contribution in [3.63, 3.8) is 0 Å². The average molecular weight is 333 g/mol. The van der Waals surface area contributed by atoms with Gasteiger partial charge in [0.25, 0.3) is 5.91 Å². The smallest absolute Gasteiger partial charge is 0.262 e. The molecule has 0 spiro atoms. The third-order valence-electron chi connectivity index (χ3n) is 4.65. The van der Waals surface area contributed by atoms with E-state index in [1.54, 1.807) is 25.2 Å². The number of carbonyl (C=O) groups excluding carboxylic acids is 1. The molecule has 5 nitrogen and oxygen atoms in total. The summed E-state index contributed by atoms with van der Waals surface area (Å²) in [5.41, 5.74) is 2.56. The van der Waals surface area contributed by atoms with Crippen LogP contribution in [0.15, 0.2) is 4.52 Å². The summed E-state index contributed by atoms with van der Waals surface area (Å²) in [5, 5.41) is 7.41. The molecule has 0 saturated carbocycles. The van der Waals surface area contributed by atoms with Gasteiger partial charge in [-0.3, -0.25) is 10.1 Å². The Balaban J connectivity index is 1.77. The highest BCUT2D eigenvalue weighted by Gasteiger charge is 2.31. The second-order valence-corrected chi connectivity index (χ2v) is 8.43. The zero-order valence-corrected chi connectivity index (χ0v) is 15.1. The zero-order valence-electron chi connectivity index (χ0n) is 14.3. The predicted molar refractivity (Wildman–Crippen MR) is 91.0 cm³/mol. The third kappa shape index (κ3) is 3.17. The molecule has 1 N–H and O–H groups in total. The van der Waals surface area contributed by atoms with E-state index in [2.05, 4.69) is 36.2 Å². The SMILES string of the molecule is Cc1noc(C)c1C(=O)Nc1nc2c(s1)CC(C(C)(C)C)CC2. The number of nitrogens with zero attached hydrogens (tertiary/aromatic N) is 2. The Kier molecular flexibility index (Phi) is 4.04. The second-order valence-electron chi connectivity index (χ2n) is 7.35. The van der Waals surface area contributed by atoms with Crippen molar-refractivity contribution in [2.45, 2.75) is 53.9 Å². The topological polar surface area (TPSA) is 68.0 Å². The van der Waals surface area contributed by atoms with Crippen LogP contribution in [0.2, 0.25) is 0 Å². The number of thiazole rings is 1. The predicted octanol–water partition coefficient (Wildman–Crippen LogP) is 4.15. The molecule has 1 aliphatic rings. The van der Waals surface area contributed by atoms with Crippen molar-refractivity contribution < 1.29 is 9.32 Å². The number of aryl methyl sites for hydroxylation is 3. The number of rotatable bonds is 2. The Morgan fingerprint density at radius 1 is 1.35 bits per heavy atom. The summed E-state index contributed by atoms with van der Waals surface area (Å²) >= 11 is 1.60. The van der Waals surface area contributed by atoms with E-state index in [-0.39, 0.29) is 5.91 Å². The van der Waals surface area contributed by atoms with Crippen LogP contribution in [0.4, 0.5) is 5.13 Å². The van der Waals surface area contributed by atoms with Crippen molar-refractivity contribution >= 4 is 22.4 Å². The van der Waals surface area contributed by atoms with Crippen LogP contribution in [0.25, 0.3) is 0 Å². The highest BCUT2D eigenvalue weighted by molar-refractivity contribution is 7.15. The van der Waals surface area contributed by atoms with E-state index >= 15 is 0 Å². The molecule has 124 valence electrons. The van der Waals surface area contributed by atoms with Crippen LogP contribution < -0.4 is 5.32 Å². The maximum absolute atomic E-state index is 12.4. The molecule has 1 atom stereocenters. The average Bonchev–Trinajstić information content (AvgIpc) is 2.99. The fraction of sp³-hybridized carbons (Fsp3) is 0.588. The number of nitrogens with one attached hydrogen (secondary N) is 1. The molecular formula is C17H23N3O2S. The van der Waals surface area contributed by atoms with Crippen LogP contribution in [-0.2, 0) is 12.8 Å². The van der Waals surface area contributed by atoms with Gasteiger partial charge in [0, 0.05) is 4.88 Å². The molecule has 0 aromatic carbocycles. The Morgan fingerprint density at radius 2 is 2.09 bits per heavy atom. The molecule has 2 aromatic heterocycles. The lowest BCUT2D eigenvalue weighted by molar-refractivity contribution is 0.102. The maximum Gasteiger partial charge on any atom is 0.262 e. The van der Waals surface area contributed by atoms with Gasteiger partial charge in [-0.1, -0.05) is 25.9 Å². The summed E-state index contributed by atoms with van der Waals surface area (Å²) < 4.78 is 5.06. The first kappa shape index (κ1) is 16.2. The molecule has 0 saturated heterocycles. The number of carbonyl (C=O) groups is 1. The molecule has 1 aliphatic carbocycles. The van der Waals surface area contributed by atoms with Crippen molar-refractivity contribution in [1.82, 2.24) is 10.1 Å². The van der Waals surface area contributed by atoms with Crippen LogP contribution in [0.3, 0.4) is 0 Å². The van der Waals surface area contributed by atoms with Gasteiger partial charge in [0.1, 0.15) is 11.3 Å². The fourth-order valence-corrected chi connectivity index (χ4v) is 4.22. The second kappa shape index (κ2) is 5.74. The van der Waals surface area contributed by atoms with Crippen molar-refractivity contribution in [2.24, 2.45) is 11.3 Å². The van der Waals surface area contributed by atoms with E-state index in [0.29, 0.717) is 33.5 Å². The molecule has 2 aromatic rings. The van der Waals surface area contributed by atoms with E-state index in [0.717, 1.165) is 25.0 Å². The summed E-state index contributed by atoms with van der Waals surface area (Å²) in [5.74, 6) is 1.01. The fourth-order valence-electron chi connectivity index (χ4n) is 3.13. The molecule has 1 unspecified atom stereocenters. The molecule has 23 heavy (non-hydrogen) atoms. The monoisotopic (exact) mass is 333 g/mol. The summed E-state index contributed by atoms with van der Waals surface area (Å²) in [6.07, 6.45) is 3.21. The summed E-state index contributed by atoms with van der Waals surface area (Å²) in [7, 11) is 0. The Morgan fingerprint density at radius 3 is 2.70 bits per heavy atom. The molecule has 1 amide bonds. The molecule has 2 heterocycles. The number of hydrogen-bond acceptors (Lipinski definition) is 5. The van der Waals surface area contributed by atoms with E-state index < -0.39 is 0 Å². The van der Waals surface area contributed by atoms with E-state index in [4.69, 9.17) is 4.52 Å². The minimum absolute atomic E-state index is 0.195. The lowest BCUT2D eigenvalue weighted by Crippen LogP contribution is -2.26. The molecule has 0 aliphatic heterocycles. The first-order valence-corrected chi connectivity index (χ1v) is 8.80. The lowest BCUT2D eigenvalue weighted by atomic mass is 9.73. The zero-order chi connectivity index (χ0) is 16.8. The highest BCUT2D eigenvalue weighted by Crippen LogP contribution is 2.40. The molecule has 0 radical (unpaired) electrons. The van der Waals surface area contributed by atoms with E-state index in [9.17, 15) is 4.79 Å². The molecule has 0 bridgehead atoms. The minimum Gasteiger partial charge on any atom is -0.361 e. The van der Waals surface area contributed by atoms with Crippen LogP contribution in [0.1, 0.15) is 59.6 Å². The Hall–Kier alpha value is -1.69. The van der Waals surface area contributed by atoms with Crippen molar-refractivity contribution in [3.05, 3.63) is 27.6 Å². The van der Waals surface area contributed by atoms with Gasteiger partial charge in [0.15, 0.2) is 5.13 Å². The number of hydrogen-bond donors (Lipinski definition) is 1. The third-order valence-corrected chi connectivity index (χ3v) is 5.68. The maximum atomic E-state index is 12.4. The summed E-state index contributed by atoms with van der Waals surface area (Å²) in [6, 6.07) is 0. The first-order chi connectivity index (χ1) is 10.8. The van der Waals surface area contributed by atoms with Gasteiger partial charge in [-0.15, -0.1) is 11.3 Å².